The summed E-state index contributed by atoms with van der Waals surface area (Å²) in [5.41, 5.74) is 7.24. The van der Waals surface area contributed by atoms with Crippen LogP contribution in [-0.4, -0.2) is 23.0 Å². The Hall–Kier alpha value is -2.80. The molecule has 1 aromatic heterocycles. The number of hydrogen-bond acceptors (Lipinski definition) is 3. The Morgan fingerprint density at radius 1 is 1.15 bits per heavy atom. The number of nitrogens with two attached hydrogens (primary N) is 1. The van der Waals surface area contributed by atoms with Crippen LogP contribution < -0.4 is 15.8 Å². The van der Waals surface area contributed by atoms with Gasteiger partial charge in [0.15, 0.2) is 0 Å². The van der Waals surface area contributed by atoms with E-state index >= 15 is 0 Å². The molecule has 0 atom stereocenters. The van der Waals surface area contributed by atoms with Crippen LogP contribution in [0.3, 0.4) is 0 Å². The number of primary amides is 1. The third kappa shape index (κ3) is 3.72. The zero-order chi connectivity index (χ0) is 18.7. The zero-order valence-electron chi connectivity index (χ0n) is 14.2. The fourth-order valence-corrected chi connectivity index (χ4v) is 3.47. The minimum absolute atomic E-state index is 0.160. The smallest absolute Gasteiger partial charge is 0.273 e. The van der Waals surface area contributed by atoms with Crippen molar-refractivity contribution in [2.45, 2.75) is 6.42 Å². The van der Waals surface area contributed by atoms with Gasteiger partial charge < -0.3 is 20.4 Å². The predicted octanol–water partition coefficient (Wildman–Crippen LogP) is 3.45. The molecule has 0 unspecified atom stereocenters. The minimum Gasteiger partial charge on any atom is -0.493 e. The highest BCUT2D eigenvalue weighted by molar-refractivity contribution is 9.10. The van der Waals surface area contributed by atoms with E-state index in [2.05, 4.69) is 21.2 Å². The Morgan fingerprint density at radius 2 is 1.85 bits per heavy atom. The molecule has 0 spiro atoms. The van der Waals surface area contributed by atoms with Gasteiger partial charge in [-0.2, -0.15) is 0 Å². The number of fused-ring (bicyclic) bond motifs is 1. The van der Waals surface area contributed by atoms with Crippen molar-refractivity contribution >= 4 is 44.3 Å². The number of aromatic nitrogens is 1. The second-order valence-corrected chi connectivity index (χ2v) is 6.58. The Labute approximate surface area is 159 Å². The Kier molecular flexibility index (Phi) is 5.27. The maximum Gasteiger partial charge on any atom is 0.273 e. The van der Waals surface area contributed by atoms with Gasteiger partial charge in [0.25, 0.3) is 5.91 Å². The Balaban J connectivity index is 1.73. The molecule has 0 saturated heterocycles. The van der Waals surface area contributed by atoms with Gasteiger partial charge in [0, 0.05) is 23.6 Å². The predicted molar refractivity (Wildman–Crippen MR) is 104 cm³/mol. The molecule has 2 amide bonds. The van der Waals surface area contributed by atoms with Crippen molar-refractivity contribution in [3.8, 4) is 5.75 Å². The van der Waals surface area contributed by atoms with Crippen molar-refractivity contribution in [1.82, 2.24) is 4.57 Å². The highest BCUT2D eigenvalue weighted by Gasteiger charge is 2.19. The van der Waals surface area contributed by atoms with Crippen molar-refractivity contribution in [3.63, 3.8) is 0 Å². The van der Waals surface area contributed by atoms with E-state index < -0.39 is 5.91 Å². The van der Waals surface area contributed by atoms with Crippen molar-refractivity contribution in [2.75, 3.05) is 11.9 Å². The first kappa shape index (κ1) is 18.0. The van der Waals surface area contributed by atoms with E-state index in [-0.39, 0.29) is 18.9 Å². The molecule has 7 heteroatoms. The number of benzene rings is 2. The fourth-order valence-electron chi connectivity index (χ4n) is 2.69. The summed E-state index contributed by atoms with van der Waals surface area (Å²) < 4.78 is 8.04. The maximum atomic E-state index is 12.7. The van der Waals surface area contributed by atoms with Crippen LogP contribution in [0.15, 0.2) is 53.0 Å². The van der Waals surface area contributed by atoms with Crippen LogP contribution in [0, 0.1) is 0 Å². The molecule has 0 aliphatic rings. The number of amides is 2. The van der Waals surface area contributed by atoms with E-state index in [0.29, 0.717) is 17.1 Å². The van der Waals surface area contributed by atoms with Crippen LogP contribution in [0.4, 0.5) is 5.69 Å². The summed E-state index contributed by atoms with van der Waals surface area (Å²) >= 11 is 3.53. The monoisotopic (exact) mass is 415 g/mol. The van der Waals surface area contributed by atoms with E-state index in [1.54, 1.807) is 24.3 Å². The normalized spacial score (nSPS) is 10.7. The average molecular weight is 416 g/mol. The molecule has 6 nitrogen and oxygen atoms in total. The van der Waals surface area contributed by atoms with Crippen LogP contribution in [0.1, 0.15) is 16.9 Å². The molecule has 3 aromatic rings. The van der Waals surface area contributed by atoms with Crippen LogP contribution in [0.25, 0.3) is 10.9 Å². The van der Waals surface area contributed by atoms with Gasteiger partial charge in [-0.05, 0) is 46.3 Å². The SMILES string of the molecule is Cn1c(C(=O)Nc2ccc(OCCC(N)=O)cc2)c(Br)c2ccccc21. The van der Waals surface area contributed by atoms with Crippen molar-refractivity contribution < 1.29 is 14.3 Å². The van der Waals surface area contributed by atoms with Crippen LogP contribution in [-0.2, 0) is 11.8 Å². The second kappa shape index (κ2) is 7.61. The molecule has 0 radical (unpaired) electrons. The number of halogens is 1. The Bertz CT molecular complexity index is 925. The Morgan fingerprint density at radius 3 is 2.50 bits per heavy atom. The summed E-state index contributed by atoms with van der Waals surface area (Å²) in [7, 11) is 1.86. The number of hydrogen-bond donors (Lipinski definition) is 2. The molecule has 0 aliphatic carbocycles. The highest BCUT2D eigenvalue weighted by atomic mass is 79.9. The largest absolute Gasteiger partial charge is 0.493 e. The number of anilines is 1. The molecule has 0 aliphatic heterocycles. The average Bonchev–Trinajstić information content (AvgIpc) is 2.87. The number of rotatable bonds is 6. The first-order valence-electron chi connectivity index (χ1n) is 8.03. The third-order valence-electron chi connectivity index (χ3n) is 3.99. The van der Waals surface area contributed by atoms with Crippen LogP contribution >= 0.6 is 15.9 Å². The molecule has 3 N–H and O–H groups in total. The third-order valence-corrected chi connectivity index (χ3v) is 4.79. The molecule has 134 valence electrons. The summed E-state index contributed by atoms with van der Waals surface area (Å²) in [5, 5.41) is 3.87. The van der Waals surface area contributed by atoms with Crippen LogP contribution in [0.2, 0.25) is 0 Å². The highest BCUT2D eigenvalue weighted by Crippen LogP contribution is 2.30. The van der Waals surface area contributed by atoms with E-state index in [0.717, 1.165) is 15.4 Å². The molecule has 1 heterocycles. The van der Waals surface area contributed by atoms with Gasteiger partial charge in [0.2, 0.25) is 5.91 Å². The van der Waals surface area contributed by atoms with Gasteiger partial charge in [-0.1, -0.05) is 18.2 Å². The first-order valence-corrected chi connectivity index (χ1v) is 8.82. The topological polar surface area (TPSA) is 86.3 Å². The molecule has 0 saturated carbocycles. The lowest BCUT2D eigenvalue weighted by Gasteiger charge is -2.09. The number of para-hydroxylation sites is 1. The number of ether oxygens (including phenoxy) is 1. The lowest BCUT2D eigenvalue weighted by atomic mass is 10.2. The van der Waals surface area contributed by atoms with E-state index in [9.17, 15) is 9.59 Å². The van der Waals surface area contributed by atoms with Gasteiger partial charge in [0.05, 0.1) is 17.5 Å². The number of aryl methyl sites for hydroxylation is 1. The molecular formula is C19H18BrN3O3. The molecule has 0 bridgehead atoms. The summed E-state index contributed by atoms with van der Waals surface area (Å²) in [6.45, 7) is 0.226. The first-order chi connectivity index (χ1) is 12.5. The number of nitrogens with one attached hydrogen (secondary N) is 1. The number of nitrogens with zero attached hydrogens (tertiary/aromatic N) is 1. The zero-order valence-corrected chi connectivity index (χ0v) is 15.7. The fraction of sp³-hybridized carbons (Fsp3) is 0.158. The van der Waals surface area contributed by atoms with Gasteiger partial charge in [-0.3, -0.25) is 9.59 Å². The van der Waals surface area contributed by atoms with Gasteiger partial charge in [-0.15, -0.1) is 0 Å². The standard InChI is InChI=1S/C19H18BrN3O3/c1-23-15-5-3-2-4-14(15)17(20)18(23)19(25)22-12-6-8-13(9-7-12)26-11-10-16(21)24/h2-9H,10-11H2,1H3,(H2,21,24)(H,22,25). The van der Waals surface area contributed by atoms with Crippen molar-refractivity contribution in [2.24, 2.45) is 12.8 Å². The van der Waals surface area contributed by atoms with Gasteiger partial charge >= 0.3 is 0 Å². The summed E-state index contributed by atoms with van der Waals surface area (Å²) in [6.07, 6.45) is 0.160. The van der Waals surface area contributed by atoms with Crippen molar-refractivity contribution in [1.29, 1.82) is 0 Å². The van der Waals surface area contributed by atoms with Gasteiger partial charge in [0.1, 0.15) is 11.4 Å². The number of carbonyl (C=O) groups excluding carboxylic acids is 2. The summed E-state index contributed by atoms with van der Waals surface area (Å²) in [6, 6.07) is 14.8. The van der Waals surface area contributed by atoms with Crippen LogP contribution in [0.5, 0.6) is 5.75 Å². The second-order valence-electron chi connectivity index (χ2n) is 5.78. The number of carbonyl (C=O) groups is 2. The quantitative estimate of drug-likeness (QED) is 0.646. The van der Waals surface area contributed by atoms with Crippen molar-refractivity contribution in [3.05, 3.63) is 58.7 Å². The lowest BCUT2D eigenvalue weighted by molar-refractivity contribution is -0.118. The molecule has 0 fully saturated rings. The molecule has 3 rings (SSSR count). The van der Waals surface area contributed by atoms with E-state index in [4.69, 9.17) is 10.5 Å². The summed E-state index contributed by atoms with van der Waals surface area (Å²) in [4.78, 5) is 23.4. The summed E-state index contributed by atoms with van der Waals surface area (Å²) in [5.74, 6) is -0.0116. The minimum atomic E-state index is -0.408. The van der Waals surface area contributed by atoms with E-state index in [1.165, 1.54) is 0 Å². The van der Waals surface area contributed by atoms with E-state index in [1.807, 2.05) is 35.9 Å². The lowest BCUT2D eigenvalue weighted by Crippen LogP contribution is -2.16. The van der Waals surface area contributed by atoms with Gasteiger partial charge in [-0.25, -0.2) is 0 Å². The molecule has 26 heavy (non-hydrogen) atoms. The maximum absolute atomic E-state index is 12.7. The molecular weight excluding hydrogens is 398 g/mol. The molecule has 2 aromatic carbocycles.